The maximum atomic E-state index is 12.0. The number of nitrogens with zero attached hydrogens (tertiary/aromatic N) is 3. The number of nitrogens with one attached hydrogen (secondary N) is 1. The van der Waals surface area contributed by atoms with Gasteiger partial charge in [-0.05, 0) is 31.5 Å². The summed E-state index contributed by atoms with van der Waals surface area (Å²) in [6, 6.07) is 7.71. The van der Waals surface area contributed by atoms with Gasteiger partial charge in [0.2, 0.25) is 0 Å². The molecule has 0 spiro atoms. The van der Waals surface area contributed by atoms with Gasteiger partial charge in [0.1, 0.15) is 0 Å². The SMILES string of the molecule is CCN(CC)C(=O)Nc1cccc(-c2cnn(C)c2)c1. The Morgan fingerprint density at radius 2 is 2.05 bits per heavy atom. The lowest BCUT2D eigenvalue weighted by Crippen LogP contribution is -2.34. The van der Waals surface area contributed by atoms with E-state index in [-0.39, 0.29) is 6.03 Å². The maximum Gasteiger partial charge on any atom is 0.321 e. The normalized spacial score (nSPS) is 10.3. The lowest BCUT2D eigenvalue weighted by molar-refractivity contribution is 0.217. The minimum absolute atomic E-state index is 0.0710. The van der Waals surface area contributed by atoms with Gasteiger partial charge in [-0.2, -0.15) is 5.10 Å². The van der Waals surface area contributed by atoms with Gasteiger partial charge in [-0.15, -0.1) is 0 Å². The minimum Gasteiger partial charge on any atom is -0.325 e. The number of urea groups is 1. The van der Waals surface area contributed by atoms with Crippen LogP contribution in [0.1, 0.15) is 13.8 Å². The number of aromatic nitrogens is 2. The number of carbonyl (C=O) groups excluding carboxylic acids is 1. The van der Waals surface area contributed by atoms with Gasteiger partial charge in [0.05, 0.1) is 6.20 Å². The van der Waals surface area contributed by atoms with E-state index in [0.717, 1.165) is 16.8 Å². The summed E-state index contributed by atoms with van der Waals surface area (Å²) >= 11 is 0. The average molecular weight is 272 g/mol. The fourth-order valence-electron chi connectivity index (χ4n) is 2.06. The molecule has 0 saturated heterocycles. The van der Waals surface area contributed by atoms with Gasteiger partial charge in [-0.25, -0.2) is 4.79 Å². The number of rotatable bonds is 4. The quantitative estimate of drug-likeness (QED) is 0.930. The summed E-state index contributed by atoms with van der Waals surface area (Å²) in [7, 11) is 1.88. The predicted octanol–water partition coefficient (Wildman–Crippen LogP) is 2.96. The second-order valence-electron chi connectivity index (χ2n) is 4.59. The predicted molar refractivity (Wildman–Crippen MR) is 80.6 cm³/mol. The Kier molecular flexibility index (Phi) is 4.40. The van der Waals surface area contributed by atoms with Crippen molar-refractivity contribution in [2.75, 3.05) is 18.4 Å². The van der Waals surface area contributed by atoms with E-state index in [4.69, 9.17) is 0 Å². The minimum atomic E-state index is -0.0710. The number of aryl methyl sites for hydroxylation is 1. The van der Waals surface area contributed by atoms with Crippen molar-refractivity contribution in [2.24, 2.45) is 7.05 Å². The molecule has 20 heavy (non-hydrogen) atoms. The molecule has 1 aromatic heterocycles. The first-order chi connectivity index (χ1) is 9.63. The maximum absolute atomic E-state index is 12.0. The smallest absolute Gasteiger partial charge is 0.321 e. The number of carbonyl (C=O) groups is 1. The third-order valence-electron chi connectivity index (χ3n) is 3.20. The molecular formula is C15H20N4O. The molecule has 1 aromatic carbocycles. The van der Waals surface area contributed by atoms with Gasteiger partial charge in [0.15, 0.2) is 0 Å². The van der Waals surface area contributed by atoms with Crippen LogP contribution in [0.4, 0.5) is 10.5 Å². The molecule has 0 fully saturated rings. The van der Waals surface area contributed by atoms with Gasteiger partial charge in [-0.3, -0.25) is 4.68 Å². The van der Waals surface area contributed by atoms with Crippen LogP contribution in [0, 0.1) is 0 Å². The molecule has 0 atom stereocenters. The van der Waals surface area contributed by atoms with E-state index in [1.165, 1.54) is 0 Å². The molecule has 2 amide bonds. The van der Waals surface area contributed by atoms with Crippen molar-refractivity contribution >= 4 is 11.7 Å². The van der Waals surface area contributed by atoms with Gasteiger partial charge >= 0.3 is 6.03 Å². The number of benzene rings is 1. The van der Waals surface area contributed by atoms with E-state index in [9.17, 15) is 4.79 Å². The fraction of sp³-hybridized carbons (Fsp3) is 0.333. The topological polar surface area (TPSA) is 50.2 Å². The molecule has 2 aromatic rings. The Labute approximate surface area is 119 Å². The van der Waals surface area contributed by atoms with Crippen LogP contribution in [0.5, 0.6) is 0 Å². The van der Waals surface area contributed by atoms with Crippen LogP contribution in [0.3, 0.4) is 0 Å². The zero-order valence-electron chi connectivity index (χ0n) is 12.1. The van der Waals surface area contributed by atoms with Crippen LogP contribution in [-0.2, 0) is 7.05 Å². The summed E-state index contributed by atoms with van der Waals surface area (Å²) in [6.07, 6.45) is 3.76. The highest BCUT2D eigenvalue weighted by Crippen LogP contribution is 2.22. The lowest BCUT2D eigenvalue weighted by atomic mass is 10.1. The molecule has 0 radical (unpaired) electrons. The van der Waals surface area contributed by atoms with Crippen molar-refractivity contribution in [1.82, 2.24) is 14.7 Å². The monoisotopic (exact) mass is 272 g/mol. The van der Waals surface area contributed by atoms with Crippen molar-refractivity contribution in [3.8, 4) is 11.1 Å². The summed E-state index contributed by atoms with van der Waals surface area (Å²) in [5, 5.41) is 7.08. The lowest BCUT2D eigenvalue weighted by Gasteiger charge is -2.19. The van der Waals surface area contributed by atoms with E-state index >= 15 is 0 Å². The molecule has 0 aliphatic rings. The Morgan fingerprint density at radius 3 is 2.65 bits per heavy atom. The summed E-state index contributed by atoms with van der Waals surface area (Å²) < 4.78 is 1.76. The van der Waals surface area contributed by atoms with Gasteiger partial charge < -0.3 is 10.2 Å². The molecule has 5 heteroatoms. The van der Waals surface area contributed by atoms with Crippen LogP contribution in [-0.4, -0.2) is 33.8 Å². The Bertz CT molecular complexity index is 587. The van der Waals surface area contributed by atoms with E-state index in [1.807, 2.05) is 57.6 Å². The van der Waals surface area contributed by atoms with Crippen LogP contribution in [0.2, 0.25) is 0 Å². The summed E-state index contributed by atoms with van der Waals surface area (Å²) in [5.41, 5.74) is 2.87. The van der Waals surface area contributed by atoms with Gasteiger partial charge in [0.25, 0.3) is 0 Å². The second-order valence-corrected chi connectivity index (χ2v) is 4.59. The van der Waals surface area contributed by atoms with Crippen molar-refractivity contribution in [3.63, 3.8) is 0 Å². The number of amides is 2. The molecule has 0 saturated carbocycles. The van der Waals surface area contributed by atoms with Crippen molar-refractivity contribution in [1.29, 1.82) is 0 Å². The van der Waals surface area contributed by atoms with E-state index in [0.29, 0.717) is 13.1 Å². The van der Waals surface area contributed by atoms with Crippen LogP contribution in [0.25, 0.3) is 11.1 Å². The van der Waals surface area contributed by atoms with E-state index in [1.54, 1.807) is 9.58 Å². The third-order valence-corrected chi connectivity index (χ3v) is 3.20. The summed E-state index contributed by atoms with van der Waals surface area (Å²) in [5.74, 6) is 0. The van der Waals surface area contributed by atoms with Crippen molar-refractivity contribution in [3.05, 3.63) is 36.7 Å². The average Bonchev–Trinajstić information content (AvgIpc) is 2.87. The third kappa shape index (κ3) is 3.17. The van der Waals surface area contributed by atoms with Gasteiger partial charge in [0, 0.05) is 37.6 Å². The highest BCUT2D eigenvalue weighted by molar-refractivity contribution is 5.90. The highest BCUT2D eigenvalue weighted by Gasteiger charge is 2.09. The first-order valence-corrected chi connectivity index (χ1v) is 6.79. The van der Waals surface area contributed by atoms with Crippen molar-refractivity contribution < 1.29 is 4.79 Å². The Morgan fingerprint density at radius 1 is 1.30 bits per heavy atom. The molecule has 0 unspecified atom stereocenters. The molecule has 1 N–H and O–H groups in total. The van der Waals surface area contributed by atoms with Crippen LogP contribution >= 0.6 is 0 Å². The second kappa shape index (κ2) is 6.23. The molecule has 1 heterocycles. The molecule has 2 rings (SSSR count). The van der Waals surface area contributed by atoms with E-state index in [2.05, 4.69) is 10.4 Å². The van der Waals surface area contributed by atoms with Crippen LogP contribution in [0.15, 0.2) is 36.7 Å². The summed E-state index contributed by atoms with van der Waals surface area (Å²) in [4.78, 5) is 13.8. The first-order valence-electron chi connectivity index (χ1n) is 6.79. The van der Waals surface area contributed by atoms with Crippen LogP contribution < -0.4 is 5.32 Å². The standard InChI is InChI=1S/C15H20N4O/c1-4-19(5-2)15(20)17-14-8-6-7-12(9-14)13-10-16-18(3)11-13/h6-11H,4-5H2,1-3H3,(H,17,20). The Hall–Kier alpha value is -2.30. The molecule has 106 valence electrons. The largest absolute Gasteiger partial charge is 0.325 e. The summed E-state index contributed by atoms with van der Waals surface area (Å²) in [6.45, 7) is 5.33. The number of anilines is 1. The Balaban J connectivity index is 2.16. The molecule has 5 nitrogen and oxygen atoms in total. The zero-order valence-corrected chi connectivity index (χ0v) is 12.1. The number of hydrogen-bond acceptors (Lipinski definition) is 2. The van der Waals surface area contributed by atoms with E-state index < -0.39 is 0 Å². The van der Waals surface area contributed by atoms with Crippen molar-refractivity contribution in [2.45, 2.75) is 13.8 Å². The zero-order chi connectivity index (χ0) is 14.5. The highest BCUT2D eigenvalue weighted by atomic mass is 16.2. The molecular weight excluding hydrogens is 252 g/mol. The molecule has 0 aliphatic carbocycles. The molecule has 0 bridgehead atoms. The first kappa shape index (κ1) is 14.1. The fourth-order valence-corrected chi connectivity index (χ4v) is 2.06. The van der Waals surface area contributed by atoms with Gasteiger partial charge in [-0.1, -0.05) is 12.1 Å². The number of hydrogen-bond donors (Lipinski definition) is 1. The molecule has 0 aliphatic heterocycles.